The average Bonchev–Trinajstić information content (AvgIpc) is 3.35. The zero-order valence-electron chi connectivity index (χ0n) is 18.1. The molecule has 0 bridgehead atoms. The van der Waals surface area contributed by atoms with E-state index in [2.05, 4.69) is 36.7 Å². The second kappa shape index (κ2) is 11.0. The first-order chi connectivity index (χ1) is 16.5. The van der Waals surface area contributed by atoms with Crippen LogP contribution in [0.3, 0.4) is 0 Å². The number of benzene rings is 3. The summed E-state index contributed by atoms with van der Waals surface area (Å²) in [7, 11) is 1.55. The SMILES string of the molecule is COc1cc(C=NNC(=O)c2cc(-c3ccccc3)n[nH]2)cc(Br)c1OCc1ccccc1Cl. The number of nitrogens with zero attached hydrogens (tertiary/aromatic N) is 2. The lowest BCUT2D eigenvalue weighted by molar-refractivity contribution is 0.0950. The van der Waals surface area contributed by atoms with Gasteiger partial charge in [-0.25, -0.2) is 5.43 Å². The van der Waals surface area contributed by atoms with Crippen LogP contribution in [0.5, 0.6) is 11.5 Å². The number of aromatic amines is 1. The van der Waals surface area contributed by atoms with Gasteiger partial charge >= 0.3 is 0 Å². The number of hydrazone groups is 1. The van der Waals surface area contributed by atoms with Crippen LogP contribution in [0.15, 0.2) is 82.4 Å². The summed E-state index contributed by atoms with van der Waals surface area (Å²) in [5.41, 5.74) is 5.95. The number of aromatic nitrogens is 2. The second-order valence-corrected chi connectivity index (χ2v) is 8.41. The number of halogens is 2. The van der Waals surface area contributed by atoms with Crippen molar-refractivity contribution in [1.82, 2.24) is 15.6 Å². The van der Waals surface area contributed by atoms with Crippen LogP contribution in [-0.2, 0) is 6.61 Å². The predicted molar refractivity (Wildman–Crippen MR) is 136 cm³/mol. The maximum Gasteiger partial charge on any atom is 0.289 e. The molecule has 1 amide bonds. The van der Waals surface area contributed by atoms with E-state index in [0.717, 1.165) is 11.1 Å². The van der Waals surface area contributed by atoms with Crippen LogP contribution >= 0.6 is 27.5 Å². The van der Waals surface area contributed by atoms with Crippen LogP contribution in [-0.4, -0.2) is 29.4 Å². The molecule has 1 heterocycles. The fourth-order valence-corrected chi connectivity index (χ4v) is 3.90. The molecule has 1 aromatic heterocycles. The van der Waals surface area contributed by atoms with Crippen LogP contribution in [0, 0.1) is 0 Å². The molecular weight excluding hydrogens is 520 g/mol. The summed E-state index contributed by atoms with van der Waals surface area (Å²) in [6.45, 7) is 0.285. The van der Waals surface area contributed by atoms with Crippen molar-refractivity contribution in [3.63, 3.8) is 0 Å². The quantitative estimate of drug-likeness (QED) is 0.217. The molecule has 7 nitrogen and oxygen atoms in total. The summed E-state index contributed by atoms with van der Waals surface area (Å²) >= 11 is 9.72. The third-order valence-electron chi connectivity index (χ3n) is 4.85. The van der Waals surface area contributed by atoms with Crippen molar-refractivity contribution in [1.29, 1.82) is 0 Å². The topological polar surface area (TPSA) is 88.6 Å². The number of carbonyl (C=O) groups is 1. The molecule has 0 aliphatic rings. The number of methoxy groups -OCH3 is 1. The van der Waals surface area contributed by atoms with E-state index in [1.807, 2.05) is 60.7 Å². The van der Waals surface area contributed by atoms with Crippen molar-refractivity contribution < 1.29 is 14.3 Å². The second-order valence-electron chi connectivity index (χ2n) is 7.15. The van der Waals surface area contributed by atoms with Gasteiger partial charge in [0.15, 0.2) is 11.5 Å². The van der Waals surface area contributed by atoms with E-state index >= 15 is 0 Å². The number of hydrogen-bond donors (Lipinski definition) is 2. The summed E-state index contributed by atoms with van der Waals surface area (Å²) in [6, 6.07) is 22.3. The van der Waals surface area contributed by atoms with E-state index in [1.54, 1.807) is 19.2 Å². The summed E-state index contributed by atoms with van der Waals surface area (Å²) < 4.78 is 12.1. The molecule has 0 fully saturated rings. The average molecular weight is 540 g/mol. The number of ether oxygens (including phenoxy) is 2. The van der Waals surface area contributed by atoms with Gasteiger partial charge in [0.2, 0.25) is 0 Å². The van der Waals surface area contributed by atoms with E-state index in [1.165, 1.54) is 6.21 Å². The molecular formula is C25H20BrClN4O3. The molecule has 34 heavy (non-hydrogen) atoms. The Morgan fingerprint density at radius 1 is 1.15 bits per heavy atom. The van der Waals surface area contributed by atoms with Gasteiger partial charge in [-0.2, -0.15) is 10.2 Å². The third-order valence-corrected chi connectivity index (χ3v) is 5.81. The Hall–Kier alpha value is -3.62. The Morgan fingerprint density at radius 2 is 1.91 bits per heavy atom. The first-order valence-corrected chi connectivity index (χ1v) is 11.4. The Kier molecular flexibility index (Phi) is 7.61. The number of H-pyrrole nitrogens is 1. The summed E-state index contributed by atoms with van der Waals surface area (Å²) in [5.74, 6) is 0.640. The van der Waals surface area contributed by atoms with Crippen molar-refractivity contribution in [2.45, 2.75) is 6.61 Å². The maximum absolute atomic E-state index is 12.4. The number of hydrogen-bond acceptors (Lipinski definition) is 5. The van der Waals surface area contributed by atoms with Gasteiger partial charge in [-0.1, -0.05) is 60.1 Å². The molecule has 0 aliphatic carbocycles. The predicted octanol–water partition coefficient (Wildman–Crippen LogP) is 5.84. The van der Waals surface area contributed by atoms with Gasteiger partial charge < -0.3 is 9.47 Å². The molecule has 0 saturated carbocycles. The highest BCUT2D eigenvalue weighted by atomic mass is 79.9. The van der Waals surface area contributed by atoms with Crippen molar-refractivity contribution >= 4 is 39.7 Å². The van der Waals surface area contributed by atoms with Gasteiger partial charge in [0.05, 0.1) is 23.5 Å². The van der Waals surface area contributed by atoms with Crippen molar-refractivity contribution in [2.24, 2.45) is 5.10 Å². The summed E-state index contributed by atoms with van der Waals surface area (Å²) in [4.78, 5) is 12.4. The van der Waals surface area contributed by atoms with E-state index in [4.69, 9.17) is 21.1 Å². The largest absolute Gasteiger partial charge is 0.493 e. The number of carbonyl (C=O) groups excluding carboxylic acids is 1. The standard InChI is InChI=1S/C25H20BrClN4O3/c1-33-23-12-16(11-19(26)24(23)34-15-18-9-5-6-10-20(18)27)14-28-31-25(32)22-13-21(29-30-22)17-7-3-2-4-8-17/h2-14H,15H2,1H3,(H,29,30)(H,31,32). The van der Waals surface area contributed by atoms with E-state index in [9.17, 15) is 4.79 Å². The lowest BCUT2D eigenvalue weighted by Crippen LogP contribution is -2.18. The van der Waals surface area contributed by atoms with Gasteiger partial charge in [0.1, 0.15) is 12.3 Å². The highest BCUT2D eigenvalue weighted by molar-refractivity contribution is 9.10. The van der Waals surface area contributed by atoms with Crippen LogP contribution < -0.4 is 14.9 Å². The highest BCUT2D eigenvalue weighted by Crippen LogP contribution is 2.37. The van der Waals surface area contributed by atoms with Crippen LogP contribution in [0.25, 0.3) is 11.3 Å². The van der Waals surface area contributed by atoms with Gasteiger partial charge in [-0.05, 0) is 45.8 Å². The lowest BCUT2D eigenvalue weighted by atomic mass is 10.1. The smallest absolute Gasteiger partial charge is 0.289 e. The fraction of sp³-hybridized carbons (Fsp3) is 0.0800. The molecule has 4 rings (SSSR count). The Labute approximate surface area is 209 Å². The third kappa shape index (κ3) is 5.65. The molecule has 9 heteroatoms. The van der Waals surface area contributed by atoms with Crippen molar-refractivity contribution in [2.75, 3.05) is 7.11 Å². The minimum atomic E-state index is -0.406. The molecule has 172 valence electrons. The van der Waals surface area contributed by atoms with Gasteiger partial charge in [-0.3, -0.25) is 9.89 Å². The Morgan fingerprint density at radius 3 is 2.68 bits per heavy atom. The Balaban J connectivity index is 1.42. The molecule has 2 N–H and O–H groups in total. The minimum absolute atomic E-state index is 0.285. The zero-order valence-corrected chi connectivity index (χ0v) is 20.4. The van der Waals surface area contributed by atoms with E-state index in [-0.39, 0.29) is 6.61 Å². The maximum atomic E-state index is 12.4. The van der Waals surface area contributed by atoms with Crippen LogP contribution in [0.2, 0.25) is 5.02 Å². The molecule has 0 atom stereocenters. The minimum Gasteiger partial charge on any atom is -0.493 e. The van der Waals surface area contributed by atoms with Crippen LogP contribution in [0.1, 0.15) is 21.6 Å². The van der Waals surface area contributed by atoms with Crippen LogP contribution in [0.4, 0.5) is 0 Å². The Bertz CT molecular complexity index is 1330. The molecule has 0 radical (unpaired) electrons. The number of amides is 1. The van der Waals surface area contributed by atoms with E-state index < -0.39 is 5.91 Å². The molecule has 3 aromatic carbocycles. The highest BCUT2D eigenvalue weighted by Gasteiger charge is 2.13. The van der Waals surface area contributed by atoms with E-state index in [0.29, 0.717) is 37.9 Å². The van der Waals surface area contributed by atoms with Gasteiger partial charge in [-0.15, -0.1) is 0 Å². The molecule has 0 aliphatic heterocycles. The zero-order chi connectivity index (χ0) is 23.9. The summed E-state index contributed by atoms with van der Waals surface area (Å²) in [6.07, 6.45) is 1.51. The molecule has 0 unspecified atom stereocenters. The molecule has 0 spiro atoms. The normalized spacial score (nSPS) is 10.9. The monoisotopic (exact) mass is 538 g/mol. The van der Waals surface area contributed by atoms with Gasteiger partial charge in [0.25, 0.3) is 5.91 Å². The first-order valence-electron chi connectivity index (χ1n) is 10.2. The van der Waals surface area contributed by atoms with Crippen molar-refractivity contribution in [3.05, 3.63) is 99.1 Å². The number of rotatable bonds is 8. The fourth-order valence-electron chi connectivity index (χ4n) is 3.14. The molecule has 0 saturated heterocycles. The first kappa shape index (κ1) is 23.5. The van der Waals surface area contributed by atoms with Crippen molar-refractivity contribution in [3.8, 4) is 22.8 Å². The lowest BCUT2D eigenvalue weighted by Gasteiger charge is -2.14. The summed E-state index contributed by atoms with van der Waals surface area (Å²) in [5, 5.41) is 11.6. The number of nitrogens with one attached hydrogen (secondary N) is 2. The van der Waals surface area contributed by atoms with Gasteiger partial charge in [0, 0.05) is 16.1 Å². The molecule has 4 aromatic rings.